The topological polar surface area (TPSA) is 91.7 Å². The van der Waals surface area contributed by atoms with E-state index in [9.17, 15) is 9.59 Å². The number of aromatic nitrogens is 2. The van der Waals surface area contributed by atoms with E-state index in [0.29, 0.717) is 25.4 Å². The van der Waals surface area contributed by atoms with Crippen molar-refractivity contribution in [1.82, 2.24) is 9.55 Å². The third-order valence-corrected chi connectivity index (χ3v) is 3.68. The van der Waals surface area contributed by atoms with E-state index in [0.717, 1.165) is 10.9 Å². The Morgan fingerprint density at radius 1 is 1.44 bits per heavy atom. The van der Waals surface area contributed by atoms with Gasteiger partial charge in [0, 0.05) is 24.3 Å². The summed E-state index contributed by atoms with van der Waals surface area (Å²) in [6.07, 6.45) is 2.78. The van der Waals surface area contributed by atoms with Gasteiger partial charge in [-0.05, 0) is 32.4 Å². The van der Waals surface area contributed by atoms with Crippen LogP contribution < -0.4 is 5.32 Å². The molecule has 0 aliphatic carbocycles. The molecule has 1 saturated heterocycles. The van der Waals surface area contributed by atoms with E-state index in [4.69, 9.17) is 14.4 Å². The number of ether oxygens (including phenoxy) is 1. The first kappa shape index (κ1) is 17.4. The maximum atomic E-state index is 12.5. The minimum atomic E-state index is -0.614. The van der Waals surface area contributed by atoms with E-state index in [1.165, 1.54) is 11.5 Å². The van der Waals surface area contributed by atoms with Gasteiger partial charge >= 0.3 is 13.6 Å². The molecule has 2 aromatic rings. The van der Waals surface area contributed by atoms with Gasteiger partial charge in [0.05, 0.1) is 18.3 Å². The lowest BCUT2D eigenvalue weighted by molar-refractivity contribution is -0.183. The van der Waals surface area contributed by atoms with Gasteiger partial charge in [0.25, 0.3) is 0 Å². The number of rotatable bonds is 2. The number of nitrogens with zero attached hydrogens (tertiary/aromatic N) is 2. The van der Waals surface area contributed by atoms with Crippen LogP contribution in [0, 0.1) is 0 Å². The number of hydrogen-bond donors (Lipinski definition) is 1. The first-order valence-corrected chi connectivity index (χ1v) is 8.01. The SMILES string of the molecule is CC(=O)Nc1cc2c(C3BOOC3)cn(C(=O)OC(C)(C)C)c2cn1. The Morgan fingerprint density at radius 2 is 2.20 bits per heavy atom. The number of carbonyl (C=O) groups excluding carboxylic acids is 2. The van der Waals surface area contributed by atoms with Crippen molar-refractivity contribution < 1.29 is 24.0 Å². The molecule has 0 radical (unpaired) electrons. The fraction of sp³-hybridized carbons (Fsp3) is 0.438. The summed E-state index contributed by atoms with van der Waals surface area (Å²) < 4.78 is 6.90. The zero-order valence-electron chi connectivity index (χ0n) is 14.7. The van der Waals surface area contributed by atoms with Gasteiger partial charge in [-0.3, -0.25) is 14.2 Å². The van der Waals surface area contributed by atoms with Gasteiger partial charge < -0.3 is 14.9 Å². The standard InChI is InChI=1S/C16H20BN3O5/c1-9(21)19-14-5-10-11(12-8-23-25-17-12)7-20(13(10)6-18-14)15(22)24-16(2,3)4/h5-7,12,17H,8H2,1-4H3,(H,18,19,21). The molecule has 1 unspecified atom stereocenters. The van der Waals surface area contributed by atoms with Crippen molar-refractivity contribution in [1.29, 1.82) is 0 Å². The van der Waals surface area contributed by atoms with Gasteiger partial charge in [0.15, 0.2) is 0 Å². The van der Waals surface area contributed by atoms with Crippen LogP contribution in [0.3, 0.4) is 0 Å². The maximum absolute atomic E-state index is 12.5. The summed E-state index contributed by atoms with van der Waals surface area (Å²) in [6, 6.07) is 1.74. The smallest absolute Gasteiger partial charge is 0.419 e. The molecule has 3 rings (SSSR count). The van der Waals surface area contributed by atoms with Gasteiger partial charge in [-0.2, -0.15) is 0 Å². The van der Waals surface area contributed by atoms with Gasteiger partial charge in [-0.25, -0.2) is 9.78 Å². The van der Waals surface area contributed by atoms with Crippen LogP contribution in [0.1, 0.15) is 39.1 Å². The molecule has 132 valence electrons. The third-order valence-electron chi connectivity index (χ3n) is 3.68. The van der Waals surface area contributed by atoms with Crippen LogP contribution in [0.25, 0.3) is 10.9 Å². The molecule has 0 bridgehead atoms. The quantitative estimate of drug-likeness (QED) is 0.662. The monoisotopic (exact) mass is 345 g/mol. The number of anilines is 1. The Balaban J connectivity index is 2.08. The summed E-state index contributed by atoms with van der Waals surface area (Å²) >= 11 is 0. The Bertz CT molecular complexity index is 821. The molecule has 9 heteroatoms. The Kier molecular flexibility index (Phi) is 4.53. The minimum absolute atomic E-state index is 0.0150. The second-order valence-corrected chi connectivity index (χ2v) is 6.97. The maximum Gasteiger partial charge on any atom is 0.419 e. The summed E-state index contributed by atoms with van der Waals surface area (Å²) in [5.41, 5.74) is 0.870. The van der Waals surface area contributed by atoms with Crippen LogP contribution in [-0.4, -0.2) is 41.2 Å². The molecule has 3 heterocycles. The molecule has 0 saturated carbocycles. The largest absolute Gasteiger partial charge is 0.443 e. The summed E-state index contributed by atoms with van der Waals surface area (Å²) in [5, 5.41) is 3.45. The van der Waals surface area contributed by atoms with Crippen LogP contribution in [0.2, 0.25) is 0 Å². The third kappa shape index (κ3) is 3.83. The minimum Gasteiger partial charge on any atom is -0.443 e. The van der Waals surface area contributed by atoms with Crippen molar-refractivity contribution in [2.24, 2.45) is 0 Å². The molecule has 2 aromatic heterocycles. The number of pyridine rings is 1. The Labute approximate surface area is 145 Å². The van der Waals surface area contributed by atoms with Crippen molar-refractivity contribution in [3.63, 3.8) is 0 Å². The van der Waals surface area contributed by atoms with Crippen LogP contribution in [0.4, 0.5) is 10.6 Å². The number of fused-ring (bicyclic) bond motifs is 1. The summed E-state index contributed by atoms with van der Waals surface area (Å²) in [4.78, 5) is 38.0. The molecule has 25 heavy (non-hydrogen) atoms. The second kappa shape index (κ2) is 6.49. The second-order valence-electron chi connectivity index (χ2n) is 6.97. The van der Waals surface area contributed by atoms with Gasteiger partial charge in [-0.15, -0.1) is 0 Å². The van der Waals surface area contributed by atoms with E-state index in [1.54, 1.807) is 18.5 Å². The predicted molar refractivity (Wildman–Crippen MR) is 92.6 cm³/mol. The zero-order chi connectivity index (χ0) is 18.2. The number of amides is 1. The number of nitrogens with one attached hydrogen (secondary N) is 1. The van der Waals surface area contributed by atoms with E-state index >= 15 is 0 Å². The molecule has 0 spiro atoms. The van der Waals surface area contributed by atoms with Crippen molar-refractivity contribution >= 4 is 36.2 Å². The molecule has 1 aliphatic heterocycles. The summed E-state index contributed by atoms with van der Waals surface area (Å²) in [7, 11) is 0.394. The Hall–Kier alpha value is -2.39. The predicted octanol–water partition coefficient (Wildman–Crippen LogP) is 2.13. The number of carbonyl (C=O) groups is 2. The molecule has 1 amide bonds. The molecule has 1 aliphatic rings. The number of hydrogen-bond acceptors (Lipinski definition) is 6. The molecular formula is C16H20BN3O5. The van der Waals surface area contributed by atoms with Gasteiger partial charge in [0.2, 0.25) is 5.91 Å². The molecule has 0 aromatic carbocycles. The van der Waals surface area contributed by atoms with Crippen molar-refractivity contribution in [2.75, 3.05) is 11.9 Å². The molecule has 1 atom stereocenters. The highest BCUT2D eigenvalue weighted by molar-refractivity contribution is 6.31. The van der Waals surface area contributed by atoms with E-state index in [-0.39, 0.29) is 11.7 Å². The molecule has 1 N–H and O–H groups in total. The lowest BCUT2D eigenvalue weighted by Crippen LogP contribution is -2.26. The zero-order valence-corrected chi connectivity index (χ0v) is 14.7. The van der Waals surface area contributed by atoms with E-state index < -0.39 is 11.7 Å². The van der Waals surface area contributed by atoms with Gasteiger partial charge in [-0.1, -0.05) is 0 Å². The lowest BCUT2D eigenvalue weighted by atomic mass is 9.77. The van der Waals surface area contributed by atoms with Crippen LogP contribution >= 0.6 is 0 Å². The normalized spacial score (nSPS) is 17.4. The summed E-state index contributed by atoms with van der Waals surface area (Å²) in [5.74, 6) is 0.189. The van der Waals surface area contributed by atoms with Gasteiger partial charge in [0.1, 0.15) is 11.4 Å². The first-order valence-electron chi connectivity index (χ1n) is 8.01. The highest BCUT2D eigenvalue weighted by Gasteiger charge is 2.28. The highest BCUT2D eigenvalue weighted by Crippen LogP contribution is 2.31. The summed E-state index contributed by atoms with van der Waals surface area (Å²) in [6.45, 7) is 7.23. The van der Waals surface area contributed by atoms with Crippen LogP contribution in [0.15, 0.2) is 18.5 Å². The van der Waals surface area contributed by atoms with E-state index in [1.807, 2.05) is 20.8 Å². The molecular weight excluding hydrogens is 325 g/mol. The molecule has 1 fully saturated rings. The molecule has 8 nitrogen and oxygen atoms in total. The lowest BCUT2D eigenvalue weighted by Gasteiger charge is -2.19. The van der Waals surface area contributed by atoms with Crippen molar-refractivity contribution in [2.45, 2.75) is 39.1 Å². The fourth-order valence-corrected chi connectivity index (χ4v) is 2.67. The average molecular weight is 345 g/mol. The van der Waals surface area contributed by atoms with Crippen LogP contribution in [0.5, 0.6) is 0 Å². The first-order chi connectivity index (χ1) is 11.7. The van der Waals surface area contributed by atoms with Crippen molar-refractivity contribution in [3.05, 3.63) is 24.0 Å². The highest BCUT2D eigenvalue weighted by atomic mass is 17.2. The average Bonchev–Trinajstić information content (AvgIpc) is 3.11. The van der Waals surface area contributed by atoms with E-state index in [2.05, 4.69) is 10.3 Å². The Morgan fingerprint density at radius 3 is 2.80 bits per heavy atom. The van der Waals surface area contributed by atoms with Crippen LogP contribution in [-0.2, 0) is 19.2 Å². The fourth-order valence-electron chi connectivity index (χ4n) is 2.67. The van der Waals surface area contributed by atoms with Crippen molar-refractivity contribution in [3.8, 4) is 0 Å².